The van der Waals surface area contributed by atoms with Crippen molar-refractivity contribution in [3.05, 3.63) is 40.5 Å². The van der Waals surface area contributed by atoms with Crippen LogP contribution in [0, 0.1) is 0 Å². The Labute approximate surface area is 172 Å². The Kier molecular flexibility index (Phi) is 6.88. The van der Waals surface area contributed by atoms with Gasteiger partial charge in [-0.15, -0.1) is 11.3 Å². The van der Waals surface area contributed by atoms with Crippen LogP contribution in [-0.4, -0.2) is 60.1 Å². The summed E-state index contributed by atoms with van der Waals surface area (Å²) in [6, 6.07) is 6.08. The molecule has 0 saturated carbocycles. The SMILES string of the molecule is CCNC(=NCCc1nc(C(C)(C)C)cs1)N1CCN(c2ccccn2)CC1. The van der Waals surface area contributed by atoms with E-state index in [2.05, 4.69) is 59.2 Å². The van der Waals surface area contributed by atoms with Crippen molar-refractivity contribution in [3.63, 3.8) is 0 Å². The predicted octanol–water partition coefficient (Wildman–Crippen LogP) is 3.17. The van der Waals surface area contributed by atoms with Crippen molar-refractivity contribution in [3.8, 4) is 0 Å². The summed E-state index contributed by atoms with van der Waals surface area (Å²) in [5, 5.41) is 6.80. The Morgan fingerprint density at radius 1 is 1.21 bits per heavy atom. The van der Waals surface area contributed by atoms with Crippen LogP contribution in [-0.2, 0) is 11.8 Å². The number of hydrogen-bond acceptors (Lipinski definition) is 5. The fourth-order valence-corrected chi connectivity index (χ4v) is 4.16. The molecule has 152 valence electrons. The molecule has 0 bridgehead atoms. The Balaban J connectivity index is 1.55. The molecule has 1 saturated heterocycles. The number of aromatic nitrogens is 2. The number of hydrogen-bond donors (Lipinski definition) is 1. The van der Waals surface area contributed by atoms with Crippen molar-refractivity contribution in [1.82, 2.24) is 20.2 Å². The van der Waals surface area contributed by atoms with E-state index in [0.717, 1.165) is 57.5 Å². The van der Waals surface area contributed by atoms with Gasteiger partial charge in [0.1, 0.15) is 5.82 Å². The van der Waals surface area contributed by atoms with Crippen LogP contribution in [0.25, 0.3) is 0 Å². The molecule has 0 unspecified atom stereocenters. The Hall–Kier alpha value is -2.15. The lowest BCUT2D eigenvalue weighted by Crippen LogP contribution is -2.52. The maximum absolute atomic E-state index is 4.87. The van der Waals surface area contributed by atoms with Crippen molar-refractivity contribution < 1.29 is 0 Å². The quantitative estimate of drug-likeness (QED) is 0.617. The minimum Gasteiger partial charge on any atom is -0.357 e. The molecule has 1 aliphatic heterocycles. The van der Waals surface area contributed by atoms with Gasteiger partial charge < -0.3 is 15.1 Å². The molecular formula is C21H32N6S. The lowest BCUT2D eigenvalue weighted by atomic mass is 9.93. The number of pyridine rings is 1. The molecule has 3 rings (SSSR count). The first-order valence-corrected chi connectivity index (χ1v) is 11.0. The van der Waals surface area contributed by atoms with Crippen molar-refractivity contribution in [2.75, 3.05) is 44.2 Å². The summed E-state index contributed by atoms with van der Waals surface area (Å²) < 4.78 is 0. The lowest BCUT2D eigenvalue weighted by molar-refractivity contribution is 0.371. The van der Waals surface area contributed by atoms with Crippen LogP contribution in [0.4, 0.5) is 5.82 Å². The van der Waals surface area contributed by atoms with Gasteiger partial charge in [0.05, 0.1) is 10.7 Å². The zero-order valence-electron chi connectivity index (χ0n) is 17.5. The van der Waals surface area contributed by atoms with Crippen LogP contribution < -0.4 is 10.2 Å². The normalized spacial score (nSPS) is 15.8. The van der Waals surface area contributed by atoms with Crippen molar-refractivity contribution >= 4 is 23.1 Å². The molecule has 0 radical (unpaired) electrons. The van der Waals surface area contributed by atoms with Crippen LogP contribution in [0.15, 0.2) is 34.8 Å². The van der Waals surface area contributed by atoms with Gasteiger partial charge in [-0.25, -0.2) is 9.97 Å². The number of aliphatic imine (C=N–C) groups is 1. The van der Waals surface area contributed by atoms with Crippen LogP contribution >= 0.6 is 11.3 Å². The monoisotopic (exact) mass is 400 g/mol. The molecule has 28 heavy (non-hydrogen) atoms. The van der Waals surface area contributed by atoms with Gasteiger partial charge in [0.25, 0.3) is 0 Å². The van der Waals surface area contributed by atoms with Gasteiger partial charge in [0.15, 0.2) is 5.96 Å². The van der Waals surface area contributed by atoms with Gasteiger partial charge in [-0.1, -0.05) is 26.8 Å². The molecule has 1 fully saturated rings. The number of guanidine groups is 1. The van der Waals surface area contributed by atoms with E-state index in [1.54, 1.807) is 11.3 Å². The fraction of sp³-hybridized carbons (Fsp3) is 0.571. The Bertz CT molecular complexity index is 757. The molecule has 2 aromatic rings. The molecule has 0 aromatic carbocycles. The number of anilines is 1. The zero-order valence-corrected chi connectivity index (χ0v) is 18.3. The molecule has 7 heteroatoms. The van der Waals surface area contributed by atoms with E-state index in [1.807, 2.05) is 18.3 Å². The van der Waals surface area contributed by atoms with E-state index >= 15 is 0 Å². The van der Waals surface area contributed by atoms with Gasteiger partial charge >= 0.3 is 0 Å². The van der Waals surface area contributed by atoms with Gasteiger partial charge in [-0.3, -0.25) is 4.99 Å². The average molecular weight is 401 g/mol. The van der Waals surface area contributed by atoms with Crippen LogP contribution in [0.1, 0.15) is 38.4 Å². The van der Waals surface area contributed by atoms with E-state index < -0.39 is 0 Å². The third-order valence-electron chi connectivity index (χ3n) is 4.79. The number of nitrogens with one attached hydrogen (secondary N) is 1. The third kappa shape index (κ3) is 5.44. The highest BCUT2D eigenvalue weighted by Crippen LogP contribution is 2.24. The van der Waals surface area contributed by atoms with Crippen LogP contribution in [0.5, 0.6) is 0 Å². The second-order valence-electron chi connectivity index (χ2n) is 8.02. The van der Waals surface area contributed by atoms with E-state index in [9.17, 15) is 0 Å². The second kappa shape index (κ2) is 9.37. The van der Waals surface area contributed by atoms with Gasteiger partial charge in [0, 0.05) is 62.7 Å². The largest absolute Gasteiger partial charge is 0.357 e. The minimum atomic E-state index is 0.111. The predicted molar refractivity (Wildman–Crippen MR) is 119 cm³/mol. The fourth-order valence-electron chi connectivity index (χ4n) is 3.14. The average Bonchev–Trinajstić information content (AvgIpc) is 3.18. The molecule has 3 heterocycles. The number of piperazine rings is 1. The number of thiazole rings is 1. The van der Waals surface area contributed by atoms with Crippen LogP contribution in [0.2, 0.25) is 0 Å². The van der Waals surface area contributed by atoms with Crippen molar-refractivity contribution in [1.29, 1.82) is 0 Å². The van der Waals surface area contributed by atoms with Crippen molar-refractivity contribution in [2.24, 2.45) is 4.99 Å². The lowest BCUT2D eigenvalue weighted by Gasteiger charge is -2.37. The van der Waals surface area contributed by atoms with E-state index in [0.29, 0.717) is 0 Å². The zero-order chi connectivity index (χ0) is 20.0. The molecule has 2 aromatic heterocycles. The summed E-state index contributed by atoms with van der Waals surface area (Å²) in [7, 11) is 0. The first-order chi connectivity index (χ1) is 13.5. The second-order valence-corrected chi connectivity index (χ2v) is 8.97. The van der Waals surface area contributed by atoms with Gasteiger partial charge in [0.2, 0.25) is 0 Å². The maximum Gasteiger partial charge on any atom is 0.194 e. The summed E-state index contributed by atoms with van der Waals surface area (Å²) in [5.41, 5.74) is 1.29. The van der Waals surface area contributed by atoms with E-state index in [-0.39, 0.29) is 5.41 Å². The van der Waals surface area contributed by atoms with Crippen molar-refractivity contribution in [2.45, 2.75) is 39.5 Å². The summed E-state index contributed by atoms with van der Waals surface area (Å²) in [6.07, 6.45) is 2.75. The molecular weight excluding hydrogens is 368 g/mol. The van der Waals surface area contributed by atoms with E-state index in [4.69, 9.17) is 9.98 Å². The maximum atomic E-state index is 4.87. The smallest absolute Gasteiger partial charge is 0.194 e. The van der Waals surface area contributed by atoms with Gasteiger partial charge in [-0.2, -0.15) is 0 Å². The standard InChI is InChI=1S/C21H32N6S/c1-5-22-20(24-11-9-19-25-17(16-28-19)21(2,3)4)27-14-12-26(13-15-27)18-8-6-7-10-23-18/h6-8,10,16H,5,9,11-15H2,1-4H3,(H,22,24). The molecule has 0 amide bonds. The third-order valence-corrected chi connectivity index (χ3v) is 5.70. The molecule has 1 N–H and O–H groups in total. The number of nitrogens with zero attached hydrogens (tertiary/aromatic N) is 5. The highest BCUT2D eigenvalue weighted by molar-refractivity contribution is 7.09. The first kappa shape index (κ1) is 20.6. The molecule has 6 nitrogen and oxygen atoms in total. The molecule has 1 aliphatic rings. The highest BCUT2D eigenvalue weighted by atomic mass is 32.1. The van der Waals surface area contributed by atoms with E-state index in [1.165, 1.54) is 10.7 Å². The minimum absolute atomic E-state index is 0.111. The highest BCUT2D eigenvalue weighted by Gasteiger charge is 2.20. The topological polar surface area (TPSA) is 56.7 Å². The molecule has 0 aliphatic carbocycles. The summed E-state index contributed by atoms with van der Waals surface area (Å²) in [5.74, 6) is 2.07. The summed E-state index contributed by atoms with van der Waals surface area (Å²) in [6.45, 7) is 14.2. The summed E-state index contributed by atoms with van der Waals surface area (Å²) >= 11 is 1.75. The van der Waals surface area contributed by atoms with Crippen LogP contribution in [0.3, 0.4) is 0 Å². The number of rotatable bonds is 5. The first-order valence-electron chi connectivity index (χ1n) is 10.1. The molecule has 0 spiro atoms. The summed E-state index contributed by atoms with van der Waals surface area (Å²) in [4.78, 5) is 18.8. The Morgan fingerprint density at radius 2 is 2.00 bits per heavy atom. The molecule has 0 atom stereocenters. The Morgan fingerprint density at radius 3 is 2.61 bits per heavy atom. The van der Waals surface area contributed by atoms with Gasteiger partial charge in [-0.05, 0) is 19.1 Å².